The highest BCUT2D eigenvalue weighted by atomic mass is 16.5. The Hall–Kier alpha value is -1.75. The first-order valence-corrected chi connectivity index (χ1v) is 7.24. The highest BCUT2D eigenvalue weighted by molar-refractivity contribution is 5.92. The Bertz CT molecular complexity index is 475. The van der Waals surface area contributed by atoms with Crippen molar-refractivity contribution in [2.24, 2.45) is 11.7 Å². The lowest BCUT2D eigenvalue weighted by Crippen LogP contribution is -2.15. The maximum atomic E-state index is 12.0. The van der Waals surface area contributed by atoms with Crippen LogP contribution in [-0.4, -0.2) is 26.7 Å². The van der Waals surface area contributed by atoms with Crippen LogP contribution >= 0.6 is 0 Å². The van der Waals surface area contributed by atoms with Gasteiger partial charge in [-0.15, -0.1) is 0 Å². The van der Waals surface area contributed by atoms with Crippen molar-refractivity contribution in [3.05, 3.63) is 17.7 Å². The van der Waals surface area contributed by atoms with E-state index in [2.05, 4.69) is 12.2 Å². The number of methoxy groups -OCH3 is 2. The van der Waals surface area contributed by atoms with Crippen LogP contribution in [-0.2, 0) is 4.79 Å². The van der Waals surface area contributed by atoms with Crippen molar-refractivity contribution in [1.82, 2.24) is 0 Å². The molecule has 0 radical (unpaired) electrons. The molecular formula is C16H26N2O3. The van der Waals surface area contributed by atoms with Crippen molar-refractivity contribution in [2.75, 3.05) is 26.1 Å². The second kappa shape index (κ2) is 8.52. The zero-order valence-electron chi connectivity index (χ0n) is 13.4. The molecule has 1 atom stereocenters. The molecule has 0 saturated carbocycles. The minimum absolute atomic E-state index is 0.00851. The van der Waals surface area contributed by atoms with E-state index < -0.39 is 0 Å². The first-order valence-electron chi connectivity index (χ1n) is 7.24. The molecule has 118 valence electrons. The number of carbonyl (C=O) groups is 1. The van der Waals surface area contributed by atoms with E-state index >= 15 is 0 Å². The van der Waals surface area contributed by atoms with Crippen LogP contribution in [0.1, 0.15) is 31.7 Å². The molecule has 1 aromatic rings. The van der Waals surface area contributed by atoms with Crippen LogP contribution in [0.4, 0.5) is 5.69 Å². The van der Waals surface area contributed by atoms with Crippen molar-refractivity contribution < 1.29 is 14.3 Å². The van der Waals surface area contributed by atoms with Gasteiger partial charge in [-0.2, -0.15) is 0 Å². The lowest BCUT2D eigenvalue weighted by molar-refractivity contribution is -0.116. The fourth-order valence-electron chi connectivity index (χ4n) is 2.13. The van der Waals surface area contributed by atoms with E-state index in [9.17, 15) is 4.79 Å². The minimum atomic E-state index is 0.00851. The van der Waals surface area contributed by atoms with Crippen molar-refractivity contribution in [1.29, 1.82) is 0 Å². The standard InChI is InChI=1S/C16H26N2O3/c1-11(7-8-17)5-6-16(19)18-13-10-15(21-4)14(20-3)9-12(13)2/h9-11H,5-8,17H2,1-4H3,(H,18,19). The molecule has 0 fully saturated rings. The van der Waals surface area contributed by atoms with Crippen LogP contribution in [0.25, 0.3) is 0 Å². The zero-order chi connectivity index (χ0) is 15.8. The number of ether oxygens (including phenoxy) is 2. The Balaban J connectivity index is 2.67. The van der Waals surface area contributed by atoms with Crippen LogP contribution in [0, 0.1) is 12.8 Å². The molecule has 0 heterocycles. The maximum Gasteiger partial charge on any atom is 0.224 e. The summed E-state index contributed by atoms with van der Waals surface area (Å²) in [5.74, 6) is 1.74. The van der Waals surface area contributed by atoms with E-state index in [1.165, 1.54) is 0 Å². The highest BCUT2D eigenvalue weighted by Gasteiger charge is 2.12. The van der Waals surface area contributed by atoms with Gasteiger partial charge in [-0.3, -0.25) is 4.79 Å². The average molecular weight is 294 g/mol. The Morgan fingerprint density at radius 3 is 2.43 bits per heavy atom. The monoisotopic (exact) mass is 294 g/mol. The third-order valence-corrected chi connectivity index (χ3v) is 3.53. The van der Waals surface area contributed by atoms with Gasteiger partial charge in [0, 0.05) is 18.2 Å². The van der Waals surface area contributed by atoms with Crippen LogP contribution in [0.5, 0.6) is 11.5 Å². The number of benzene rings is 1. The second-order valence-electron chi connectivity index (χ2n) is 5.29. The van der Waals surface area contributed by atoms with Gasteiger partial charge in [-0.25, -0.2) is 0 Å². The smallest absolute Gasteiger partial charge is 0.224 e. The number of rotatable bonds is 8. The van der Waals surface area contributed by atoms with E-state index in [1.54, 1.807) is 20.3 Å². The lowest BCUT2D eigenvalue weighted by atomic mass is 10.0. The van der Waals surface area contributed by atoms with Gasteiger partial charge in [0.25, 0.3) is 0 Å². The number of nitrogens with one attached hydrogen (secondary N) is 1. The number of anilines is 1. The number of aryl methyl sites for hydroxylation is 1. The fraction of sp³-hybridized carbons (Fsp3) is 0.562. The molecule has 0 aliphatic carbocycles. The van der Waals surface area contributed by atoms with Gasteiger partial charge in [-0.1, -0.05) is 6.92 Å². The number of hydrogen-bond acceptors (Lipinski definition) is 4. The van der Waals surface area contributed by atoms with Gasteiger partial charge in [-0.05, 0) is 43.9 Å². The Labute approximate surface area is 126 Å². The molecule has 1 unspecified atom stereocenters. The average Bonchev–Trinajstić information content (AvgIpc) is 2.47. The topological polar surface area (TPSA) is 73.6 Å². The molecule has 0 saturated heterocycles. The van der Waals surface area contributed by atoms with Crippen molar-refractivity contribution >= 4 is 11.6 Å². The van der Waals surface area contributed by atoms with Crippen molar-refractivity contribution in [3.8, 4) is 11.5 Å². The molecule has 5 nitrogen and oxygen atoms in total. The minimum Gasteiger partial charge on any atom is -0.493 e. The molecule has 0 spiro atoms. The SMILES string of the molecule is COc1cc(C)c(NC(=O)CCC(C)CCN)cc1OC. The number of hydrogen-bond donors (Lipinski definition) is 2. The number of nitrogens with two attached hydrogens (primary N) is 1. The predicted octanol–water partition coefficient (Wildman–Crippen LogP) is 2.72. The molecule has 5 heteroatoms. The molecule has 1 rings (SSSR count). The Morgan fingerprint density at radius 2 is 1.86 bits per heavy atom. The van der Waals surface area contributed by atoms with Crippen molar-refractivity contribution in [3.63, 3.8) is 0 Å². The molecule has 3 N–H and O–H groups in total. The fourth-order valence-corrected chi connectivity index (χ4v) is 2.13. The molecule has 21 heavy (non-hydrogen) atoms. The second-order valence-corrected chi connectivity index (χ2v) is 5.29. The van der Waals surface area contributed by atoms with Gasteiger partial charge < -0.3 is 20.5 Å². The largest absolute Gasteiger partial charge is 0.493 e. The summed E-state index contributed by atoms with van der Waals surface area (Å²) >= 11 is 0. The van der Waals surface area contributed by atoms with Crippen molar-refractivity contribution in [2.45, 2.75) is 33.1 Å². The van der Waals surface area contributed by atoms with Crippen LogP contribution in [0.2, 0.25) is 0 Å². The van der Waals surface area contributed by atoms with Gasteiger partial charge in [0.15, 0.2) is 11.5 Å². The molecule has 1 aromatic carbocycles. The quantitative estimate of drug-likeness (QED) is 0.773. The summed E-state index contributed by atoms with van der Waals surface area (Å²) in [7, 11) is 3.17. The summed E-state index contributed by atoms with van der Waals surface area (Å²) in [5, 5.41) is 2.93. The normalized spacial score (nSPS) is 11.9. The summed E-state index contributed by atoms with van der Waals surface area (Å²) in [5.41, 5.74) is 7.21. The van der Waals surface area contributed by atoms with E-state index in [-0.39, 0.29) is 5.91 Å². The third-order valence-electron chi connectivity index (χ3n) is 3.53. The van der Waals surface area contributed by atoms with Crippen LogP contribution in [0.3, 0.4) is 0 Å². The van der Waals surface area contributed by atoms with Gasteiger partial charge in [0.2, 0.25) is 5.91 Å². The lowest BCUT2D eigenvalue weighted by Gasteiger charge is -2.14. The van der Waals surface area contributed by atoms with Gasteiger partial charge in [0.05, 0.1) is 14.2 Å². The first-order chi connectivity index (χ1) is 10.0. The molecule has 0 aliphatic rings. The predicted molar refractivity (Wildman–Crippen MR) is 85.0 cm³/mol. The summed E-state index contributed by atoms with van der Waals surface area (Å²) in [6.07, 6.45) is 2.28. The molecular weight excluding hydrogens is 268 g/mol. The van der Waals surface area contributed by atoms with Gasteiger partial charge in [0.1, 0.15) is 0 Å². The molecule has 1 amide bonds. The summed E-state index contributed by atoms with van der Waals surface area (Å²) in [4.78, 5) is 12.0. The van der Waals surface area contributed by atoms with E-state index in [4.69, 9.17) is 15.2 Å². The zero-order valence-corrected chi connectivity index (χ0v) is 13.4. The summed E-state index contributed by atoms with van der Waals surface area (Å²) < 4.78 is 10.5. The molecule has 0 aromatic heterocycles. The van der Waals surface area contributed by atoms with E-state index in [0.29, 0.717) is 30.4 Å². The van der Waals surface area contributed by atoms with Gasteiger partial charge >= 0.3 is 0 Å². The summed E-state index contributed by atoms with van der Waals surface area (Å²) in [6.45, 7) is 4.70. The van der Waals surface area contributed by atoms with Crippen LogP contribution in [0.15, 0.2) is 12.1 Å². The number of amides is 1. The Kier molecular flexibility index (Phi) is 7.02. The van der Waals surface area contributed by atoms with E-state index in [1.807, 2.05) is 13.0 Å². The Morgan fingerprint density at radius 1 is 1.24 bits per heavy atom. The number of carbonyl (C=O) groups excluding carboxylic acids is 1. The van der Waals surface area contributed by atoms with Crippen LogP contribution < -0.4 is 20.5 Å². The third kappa shape index (κ3) is 5.27. The summed E-state index contributed by atoms with van der Waals surface area (Å²) in [6, 6.07) is 3.64. The first kappa shape index (κ1) is 17.3. The molecule has 0 aliphatic heterocycles. The molecule has 0 bridgehead atoms. The highest BCUT2D eigenvalue weighted by Crippen LogP contribution is 2.33. The maximum absolute atomic E-state index is 12.0. The van der Waals surface area contributed by atoms with E-state index in [0.717, 1.165) is 24.1 Å².